The van der Waals surface area contributed by atoms with Crippen LogP contribution in [0.15, 0.2) is 24.3 Å². The number of urea groups is 1. The zero-order valence-electron chi connectivity index (χ0n) is 13.1. The molecule has 1 heterocycles. The number of sulfonamides is 1. The average Bonchev–Trinajstić information content (AvgIpc) is 2.48. The maximum absolute atomic E-state index is 12.2. The predicted octanol–water partition coefficient (Wildman–Crippen LogP) is 0.754. The molecule has 0 saturated carbocycles. The minimum absolute atomic E-state index is 0.0130. The van der Waals surface area contributed by atoms with Gasteiger partial charge in [0.1, 0.15) is 0 Å². The van der Waals surface area contributed by atoms with Crippen LogP contribution < -0.4 is 10.0 Å². The molecule has 23 heavy (non-hydrogen) atoms. The first-order valence-electron chi connectivity index (χ1n) is 7.14. The summed E-state index contributed by atoms with van der Waals surface area (Å²) in [6.45, 7) is 3.54. The molecular formula is C14H20N4O4S. The van der Waals surface area contributed by atoms with Crippen molar-refractivity contribution in [1.82, 2.24) is 9.80 Å². The zero-order valence-corrected chi connectivity index (χ0v) is 13.9. The molecule has 2 rings (SSSR count). The lowest BCUT2D eigenvalue weighted by molar-refractivity contribution is -0.130. The van der Waals surface area contributed by atoms with E-state index >= 15 is 0 Å². The molecule has 0 atom stereocenters. The van der Waals surface area contributed by atoms with Gasteiger partial charge in [0.25, 0.3) is 0 Å². The minimum atomic E-state index is -3.32. The molecule has 3 amide bonds. The highest BCUT2D eigenvalue weighted by atomic mass is 32.2. The molecule has 1 aromatic carbocycles. The van der Waals surface area contributed by atoms with Crippen molar-refractivity contribution in [1.29, 1.82) is 0 Å². The molecule has 1 aromatic rings. The normalized spacial score (nSPS) is 15.2. The molecule has 8 nitrogen and oxygen atoms in total. The molecule has 0 unspecified atom stereocenters. The van der Waals surface area contributed by atoms with E-state index in [1.165, 1.54) is 6.92 Å². The van der Waals surface area contributed by atoms with Gasteiger partial charge < -0.3 is 15.1 Å². The fraction of sp³-hybridized carbons (Fsp3) is 0.429. The van der Waals surface area contributed by atoms with E-state index in [4.69, 9.17) is 0 Å². The van der Waals surface area contributed by atoms with Gasteiger partial charge in [0.2, 0.25) is 15.9 Å². The molecule has 1 saturated heterocycles. The predicted molar refractivity (Wildman–Crippen MR) is 87.8 cm³/mol. The van der Waals surface area contributed by atoms with Crippen molar-refractivity contribution >= 4 is 33.3 Å². The van der Waals surface area contributed by atoms with Crippen molar-refractivity contribution in [3.05, 3.63) is 24.3 Å². The van der Waals surface area contributed by atoms with Gasteiger partial charge in [-0.2, -0.15) is 0 Å². The van der Waals surface area contributed by atoms with Gasteiger partial charge in [-0.1, -0.05) is 0 Å². The number of benzene rings is 1. The number of carbonyl (C=O) groups is 2. The van der Waals surface area contributed by atoms with Crippen LogP contribution in [0.25, 0.3) is 0 Å². The van der Waals surface area contributed by atoms with E-state index < -0.39 is 10.0 Å². The van der Waals surface area contributed by atoms with Crippen LogP contribution in [0, 0.1) is 0 Å². The summed E-state index contributed by atoms with van der Waals surface area (Å²) in [4.78, 5) is 26.8. The molecule has 1 fully saturated rings. The molecular weight excluding hydrogens is 320 g/mol. The first-order chi connectivity index (χ1) is 10.7. The summed E-state index contributed by atoms with van der Waals surface area (Å²) in [6, 6.07) is 6.15. The molecule has 126 valence electrons. The first-order valence-corrected chi connectivity index (χ1v) is 9.03. The summed E-state index contributed by atoms with van der Waals surface area (Å²) in [6.07, 6.45) is 1.07. The molecule has 9 heteroatoms. The fourth-order valence-electron chi connectivity index (χ4n) is 2.26. The maximum atomic E-state index is 12.2. The fourth-order valence-corrected chi connectivity index (χ4v) is 2.83. The van der Waals surface area contributed by atoms with Crippen molar-refractivity contribution in [2.75, 3.05) is 42.5 Å². The van der Waals surface area contributed by atoms with E-state index in [1.54, 1.807) is 34.1 Å². The Bertz CT molecular complexity index is 679. The number of anilines is 2. The molecule has 0 aliphatic carbocycles. The number of rotatable bonds is 3. The highest BCUT2D eigenvalue weighted by Gasteiger charge is 2.22. The van der Waals surface area contributed by atoms with E-state index in [-0.39, 0.29) is 11.9 Å². The van der Waals surface area contributed by atoms with Crippen LogP contribution in [0.3, 0.4) is 0 Å². The monoisotopic (exact) mass is 340 g/mol. The Hall–Kier alpha value is -2.29. The molecule has 2 N–H and O–H groups in total. The topological polar surface area (TPSA) is 98.8 Å². The van der Waals surface area contributed by atoms with E-state index in [2.05, 4.69) is 10.0 Å². The number of hydrogen-bond acceptors (Lipinski definition) is 4. The molecule has 0 aromatic heterocycles. The summed E-state index contributed by atoms with van der Waals surface area (Å²) in [5, 5.41) is 2.75. The van der Waals surface area contributed by atoms with Crippen LogP contribution in [0.2, 0.25) is 0 Å². The molecule has 0 radical (unpaired) electrons. The van der Waals surface area contributed by atoms with E-state index in [0.717, 1.165) is 6.26 Å². The second-order valence-electron chi connectivity index (χ2n) is 5.37. The van der Waals surface area contributed by atoms with Gasteiger partial charge >= 0.3 is 6.03 Å². The number of hydrogen-bond donors (Lipinski definition) is 2. The summed E-state index contributed by atoms with van der Waals surface area (Å²) in [5.74, 6) is 0.0130. The summed E-state index contributed by atoms with van der Waals surface area (Å²) in [7, 11) is -3.32. The Morgan fingerprint density at radius 2 is 1.43 bits per heavy atom. The second-order valence-corrected chi connectivity index (χ2v) is 7.12. The Morgan fingerprint density at radius 3 is 1.91 bits per heavy atom. The third-order valence-electron chi connectivity index (χ3n) is 3.45. The van der Waals surface area contributed by atoms with E-state index in [9.17, 15) is 18.0 Å². The van der Waals surface area contributed by atoms with Gasteiger partial charge in [-0.25, -0.2) is 13.2 Å². The lowest BCUT2D eigenvalue weighted by Crippen LogP contribution is -2.51. The third-order valence-corrected chi connectivity index (χ3v) is 4.06. The van der Waals surface area contributed by atoms with Crippen molar-refractivity contribution < 1.29 is 18.0 Å². The Labute approximate surface area is 135 Å². The Balaban J connectivity index is 1.90. The van der Waals surface area contributed by atoms with Crippen LogP contribution in [0.1, 0.15) is 6.92 Å². The van der Waals surface area contributed by atoms with E-state index in [0.29, 0.717) is 37.6 Å². The summed E-state index contributed by atoms with van der Waals surface area (Å²) in [5.41, 5.74) is 1.00. The first kappa shape index (κ1) is 17.1. The average molecular weight is 340 g/mol. The minimum Gasteiger partial charge on any atom is -0.339 e. The smallest absolute Gasteiger partial charge is 0.321 e. The Kier molecular flexibility index (Phi) is 5.09. The number of carbonyl (C=O) groups excluding carboxylic acids is 2. The largest absolute Gasteiger partial charge is 0.339 e. The van der Waals surface area contributed by atoms with Gasteiger partial charge in [0.15, 0.2) is 0 Å². The molecule has 1 aliphatic rings. The van der Waals surface area contributed by atoms with Gasteiger partial charge in [0.05, 0.1) is 6.26 Å². The third kappa shape index (κ3) is 5.13. The summed E-state index contributed by atoms with van der Waals surface area (Å²) >= 11 is 0. The molecule has 0 spiro atoms. The quantitative estimate of drug-likeness (QED) is 0.848. The van der Waals surface area contributed by atoms with Crippen LogP contribution in [0.5, 0.6) is 0 Å². The number of nitrogens with zero attached hydrogens (tertiary/aromatic N) is 2. The van der Waals surface area contributed by atoms with E-state index in [1.807, 2.05) is 0 Å². The lowest BCUT2D eigenvalue weighted by atomic mass is 10.3. The summed E-state index contributed by atoms with van der Waals surface area (Å²) < 4.78 is 24.6. The van der Waals surface area contributed by atoms with Crippen LogP contribution >= 0.6 is 0 Å². The number of piperazine rings is 1. The van der Waals surface area contributed by atoms with Gasteiger partial charge in [0, 0.05) is 44.5 Å². The molecule has 0 bridgehead atoms. The van der Waals surface area contributed by atoms with Gasteiger partial charge in [-0.15, -0.1) is 0 Å². The van der Waals surface area contributed by atoms with Crippen LogP contribution in [-0.2, 0) is 14.8 Å². The highest BCUT2D eigenvalue weighted by Crippen LogP contribution is 2.15. The van der Waals surface area contributed by atoms with Gasteiger partial charge in [-0.05, 0) is 24.3 Å². The number of amides is 3. The standard InChI is InChI=1S/C14H20N4O4S/c1-11(19)17-7-9-18(10-8-17)14(20)15-12-3-5-13(6-4-12)16-23(2,21)22/h3-6,16H,7-10H2,1-2H3,(H,15,20). The number of nitrogens with one attached hydrogen (secondary N) is 2. The van der Waals surface area contributed by atoms with Crippen molar-refractivity contribution in [2.45, 2.75) is 6.92 Å². The SMILES string of the molecule is CC(=O)N1CCN(C(=O)Nc2ccc(NS(C)(=O)=O)cc2)CC1. The van der Waals surface area contributed by atoms with Crippen molar-refractivity contribution in [3.63, 3.8) is 0 Å². The van der Waals surface area contributed by atoms with Crippen molar-refractivity contribution in [3.8, 4) is 0 Å². The van der Waals surface area contributed by atoms with Crippen molar-refractivity contribution in [2.24, 2.45) is 0 Å². The Morgan fingerprint density at radius 1 is 0.957 bits per heavy atom. The second kappa shape index (κ2) is 6.86. The van der Waals surface area contributed by atoms with Gasteiger partial charge in [-0.3, -0.25) is 9.52 Å². The highest BCUT2D eigenvalue weighted by molar-refractivity contribution is 7.92. The maximum Gasteiger partial charge on any atom is 0.321 e. The molecule has 1 aliphatic heterocycles. The zero-order chi connectivity index (χ0) is 17.0. The van der Waals surface area contributed by atoms with Crippen LogP contribution in [0.4, 0.5) is 16.2 Å². The lowest BCUT2D eigenvalue weighted by Gasteiger charge is -2.34. The van der Waals surface area contributed by atoms with Crippen LogP contribution in [-0.4, -0.2) is 62.6 Å².